The molecule has 0 aromatic heterocycles. The Labute approximate surface area is 82.1 Å². The van der Waals surface area contributed by atoms with Gasteiger partial charge in [0.05, 0.1) is 0 Å². The molecule has 0 aromatic rings. The smallest absolute Gasteiger partial charge is 0.323 e. The number of carbonyl (C=O) groups is 1. The van der Waals surface area contributed by atoms with Gasteiger partial charge in [-0.2, -0.15) is 0 Å². The molecule has 1 aliphatic heterocycles. The molecule has 3 atom stereocenters. The van der Waals surface area contributed by atoms with Crippen molar-refractivity contribution in [2.45, 2.75) is 45.2 Å². The Bertz CT molecular complexity index is 186. The first-order valence-corrected chi connectivity index (χ1v) is 5.38. The Hall–Kier alpha value is -0.140. The van der Waals surface area contributed by atoms with Crippen LogP contribution in [0.2, 0.25) is 0 Å². The van der Waals surface area contributed by atoms with Crippen molar-refractivity contribution in [3.8, 4) is 0 Å². The lowest BCUT2D eigenvalue weighted by molar-refractivity contribution is -0.156. The number of hydrogen-bond acceptors (Lipinski definition) is 3. The van der Waals surface area contributed by atoms with Crippen molar-refractivity contribution in [3.05, 3.63) is 0 Å². The fourth-order valence-electron chi connectivity index (χ4n) is 1.48. The molecule has 0 aromatic carbocycles. The van der Waals surface area contributed by atoms with Gasteiger partial charge in [-0.15, -0.1) is 0 Å². The van der Waals surface area contributed by atoms with Gasteiger partial charge in [0.15, 0.2) is 0 Å². The van der Waals surface area contributed by atoms with Crippen LogP contribution in [0.5, 0.6) is 0 Å². The van der Waals surface area contributed by atoms with E-state index in [9.17, 15) is 4.79 Å². The fraction of sp³-hybridized carbons (Fsp3) is 0.889. The second kappa shape index (κ2) is 4.92. The van der Waals surface area contributed by atoms with Crippen molar-refractivity contribution >= 4 is 15.4 Å². The molecule has 1 rings (SSSR count). The molecule has 0 saturated carbocycles. The van der Waals surface area contributed by atoms with E-state index in [1.807, 2.05) is 4.67 Å². The first kappa shape index (κ1) is 10.9. The summed E-state index contributed by atoms with van der Waals surface area (Å²) in [6, 6.07) is 0.276. The van der Waals surface area contributed by atoms with E-state index in [2.05, 4.69) is 23.2 Å². The number of morpholine rings is 1. The minimum atomic E-state index is -0.0680. The second-order valence-electron chi connectivity index (χ2n) is 3.58. The maximum absolute atomic E-state index is 11.4. The molecule has 1 fully saturated rings. The van der Waals surface area contributed by atoms with E-state index in [0.29, 0.717) is 12.6 Å². The Morgan fingerprint density at radius 3 is 3.00 bits per heavy atom. The summed E-state index contributed by atoms with van der Waals surface area (Å²) < 4.78 is 7.12. The second-order valence-corrected chi connectivity index (χ2v) is 4.18. The van der Waals surface area contributed by atoms with E-state index in [1.165, 1.54) is 0 Å². The third-order valence-electron chi connectivity index (χ3n) is 2.44. The molecule has 0 bridgehead atoms. The van der Waals surface area contributed by atoms with Crippen molar-refractivity contribution < 1.29 is 9.53 Å². The van der Waals surface area contributed by atoms with E-state index in [1.54, 1.807) is 0 Å². The largest absolute Gasteiger partial charge is 0.463 e. The summed E-state index contributed by atoms with van der Waals surface area (Å²) in [4.78, 5) is 11.4. The van der Waals surface area contributed by atoms with E-state index in [-0.39, 0.29) is 12.0 Å². The highest BCUT2D eigenvalue weighted by molar-refractivity contribution is 7.13. The predicted molar refractivity (Wildman–Crippen MR) is 55.3 cm³/mol. The average molecular weight is 203 g/mol. The van der Waals surface area contributed by atoms with Gasteiger partial charge in [-0.05, 0) is 13.3 Å². The number of unbranched alkanes of at least 4 members (excludes halogenated alkanes) is 1. The summed E-state index contributed by atoms with van der Waals surface area (Å²) in [7, 11) is 2.64. The molecule has 0 N–H and O–H groups in total. The van der Waals surface area contributed by atoms with Crippen molar-refractivity contribution in [2.24, 2.45) is 0 Å². The van der Waals surface area contributed by atoms with Gasteiger partial charge in [0.2, 0.25) is 0 Å². The number of esters is 1. The summed E-state index contributed by atoms with van der Waals surface area (Å²) in [5.41, 5.74) is 0. The van der Waals surface area contributed by atoms with Gasteiger partial charge in [-0.25, -0.2) is 0 Å². The van der Waals surface area contributed by atoms with Gasteiger partial charge in [0, 0.05) is 6.04 Å². The number of hydrogen-bond donors (Lipinski definition) is 0. The van der Waals surface area contributed by atoms with Gasteiger partial charge in [0.1, 0.15) is 12.6 Å². The third kappa shape index (κ3) is 2.65. The highest BCUT2D eigenvalue weighted by Gasteiger charge is 2.32. The quantitative estimate of drug-likeness (QED) is 0.515. The number of ether oxygens (including phenoxy) is 1. The predicted octanol–water partition coefficient (Wildman–Crippen LogP) is 1.58. The normalized spacial score (nSPS) is 30.2. The van der Waals surface area contributed by atoms with Crippen LogP contribution in [-0.4, -0.2) is 29.3 Å². The summed E-state index contributed by atoms with van der Waals surface area (Å²) in [6.07, 6.45) is 3.11. The van der Waals surface area contributed by atoms with E-state index >= 15 is 0 Å². The highest BCUT2D eigenvalue weighted by atomic mass is 31.0. The molecule has 0 amide bonds. The zero-order valence-electron chi connectivity index (χ0n) is 8.32. The molecule has 1 unspecified atom stereocenters. The first-order valence-electron chi connectivity index (χ1n) is 4.86. The van der Waals surface area contributed by atoms with E-state index < -0.39 is 0 Å². The van der Waals surface area contributed by atoms with Crippen molar-refractivity contribution in [1.29, 1.82) is 0 Å². The average Bonchev–Trinajstić information content (AvgIpc) is 2.12. The van der Waals surface area contributed by atoms with Crippen LogP contribution < -0.4 is 0 Å². The Morgan fingerprint density at radius 2 is 2.38 bits per heavy atom. The SMILES string of the molecule is CCCC[C@H]1C(=O)OC[C@H](C)N1P. The molecule has 4 heteroatoms. The summed E-state index contributed by atoms with van der Waals surface area (Å²) in [6.45, 7) is 4.72. The van der Waals surface area contributed by atoms with Crippen LogP contribution in [0.1, 0.15) is 33.1 Å². The van der Waals surface area contributed by atoms with Crippen molar-refractivity contribution in [2.75, 3.05) is 6.61 Å². The van der Waals surface area contributed by atoms with Gasteiger partial charge >= 0.3 is 5.97 Å². The molecular formula is C9H18NO2P. The van der Waals surface area contributed by atoms with Gasteiger partial charge in [-0.1, -0.05) is 29.2 Å². The molecule has 3 nitrogen and oxygen atoms in total. The molecule has 1 saturated heterocycles. The molecule has 1 aliphatic rings. The maximum atomic E-state index is 11.4. The summed E-state index contributed by atoms with van der Waals surface area (Å²) in [5, 5.41) is 0. The van der Waals surface area contributed by atoms with Crippen LogP contribution in [0, 0.1) is 0 Å². The number of nitrogens with zero attached hydrogens (tertiary/aromatic N) is 1. The monoisotopic (exact) mass is 203 g/mol. The third-order valence-corrected chi connectivity index (χ3v) is 3.31. The van der Waals surface area contributed by atoms with Crippen molar-refractivity contribution in [1.82, 2.24) is 4.67 Å². The molecule has 0 spiro atoms. The molecule has 0 aliphatic carbocycles. The molecule has 1 heterocycles. The maximum Gasteiger partial charge on any atom is 0.323 e. The van der Waals surface area contributed by atoms with Gasteiger partial charge in [0.25, 0.3) is 0 Å². The van der Waals surface area contributed by atoms with Crippen LogP contribution in [0.15, 0.2) is 0 Å². The zero-order chi connectivity index (χ0) is 9.84. The highest BCUT2D eigenvalue weighted by Crippen LogP contribution is 2.22. The molecule has 76 valence electrons. The Balaban J connectivity index is 2.50. The van der Waals surface area contributed by atoms with Crippen LogP contribution in [0.25, 0.3) is 0 Å². The zero-order valence-corrected chi connectivity index (χ0v) is 9.48. The number of cyclic esters (lactones) is 1. The van der Waals surface area contributed by atoms with Crippen molar-refractivity contribution in [3.63, 3.8) is 0 Å². The molecular weight excluding hydrogens is 185 g/mol. The molecule has 0 radical (unpaired) electrons. The number of rotatable bonds is 3. The Kier molecular flexibility index (Phi) is 4.14. The van der Waals surface area contributed by atoms with Gasteiger partial charge in [-0.3, -0.25) is 9.46 Å². The molecule has 13 heavy (non-hydrogen) atoms. The topological polar surface area (TPSA) is 29.5 Å². The minimum Gasteiger partial charge on any atom is -0.463 e. The van der Waals surface area contributed by atoms with Crippen LogP contribution in [0.3, 0.4) is 0 Å². The Morgan fingerprint density at radius 1 is 1.69 bits per heavy atom. The lowest BCUT2D eigenvalue weighted by Crippen LogP contribution is -2.48. The summed E-state index contributed by atoms with van der Waals surface area (Å²) >= 11 is 0. The minimum absolute atomic E-state index is 0.0475. The number of carbonyl (C=O) groups excluding carboxylic acids is 1. The standard InChI is InChI=1S/C9H18NO2P/c1-3-4-5-8-9(11)12-6-7(2)10(8)13/h7-8H,3-6,13H2,1-2H3/t7-,8-/m0/s1. The van der Waals surface area contributed by atoms with Crippen LogP contribution >= 0.6 is 9.39 Å². The van der Waals surface area contributed by atoms with E-state index in [4.69, 9.17) is 4.74 Å². The van der Waals surface area contributed by atoms with E-state index in [0.717, 1.165) is 19.3 Å². The lowest BCUT2D eigenvalue weighted by Gasteiger charge is -2.35. The fourth-order valence-corrected chi connectivity index (χ4v) is 1.84. The lowest BCUT2D eigenvalue weighted by atomic mass is 10.1. The summed E-state index contributed by atoms with van der Waals surface area (Å²) in [5.74, 6) is -0.0680. The first-order chi connectivity index (χ1) is 6.16. The van der Waals surface area contributed by atoms with Crippen LogP contribution in [-0.2, 0) is 9.53 Å². The van der Waals surface area contributed by atoms with Gasteiger partial charge < -0.3 is 4.74 Å². The van der Waals surface area contributed by atoms with Crippen LogP contribution in [0.4, 0.5) is 0 Å².